The van der Waals surface area contributed by atoms with Crippen molar-refractivity contribution in [3.8, 4) is 0 Å². The van der Waals surface area contributed by atoms with E-state index in [-0.39, 0.29) is 0 Å². The van der Waals surface area contributed by atoms with Crippen molar-refractivity contribution in [2.24, 2.45) is 5.92 Å². The van der Waals surface area contributed by atoms with Crippen LogP contribution in [0.3, 0.4) is 0 Å². The minimum atomic E-state index is 0.750. The number of ether oxygens (including phenoxy) is 1. The van der Waals surface area contributed by atoms with E-state index < -0.39 is 0 Å². The molecule has 0 aromatic carbocycles. The number of methoxy groups -OCH3 is 1. The van der Waals surface area contributed by atoms with Crippen LogP contribution in [-0.4, -0.2) is 50.8 Å². The molecular weight excluding hydrogens is 200 g/mol. The van der Waals surface area contributed by atoms with Gasteiger partial charge in [0.25, 0.3) is 0 Å². The molecule has 1 saturated heterocycles. The molecule has 3 nitrogen and oxygen atoms in total. The summed E-state index contributed by atoms with van der Waals surface area (Å²) in [5, 5.41) is 3.44. The highest BCUT2D eigenvalue weighted by atomic mass is 16.5. The standard InChI is InChI=1S/C13H26N2O/c1-14-12-4-3-5-13(8-12)15-7-6-11(9-15)10-16-2/h11-14H,3-10H2,1-2H3. The maximum absolute atomic E-state index is 5.26. The molecular formula is C13H26N2O. The molecule has 0 amide bonds. The fourth-order valence-electron chi connectivity index (χ4n) is 3.32. The van der Waals surface area contributed by atoms with E-state index in [1.54, 1.807) is 0 Å². The van der Waals surface area contributed by atoms with Crippen LogP contribution in [0, 0.1) is 5.92 Å². The number of nitrogens with one attached hydrogen (secondary N) is 1. The Hall–Kier alpha value is -0.120. The second kappa shape index (κ2) is 5.99. The molecule has 1 N–H and O–H groups in total. The molecule has 0 radical (unpaired) electrons. The van der Waals surface area contributed by atoms with Gasteiger partial charge in [-0.25, -0.2) is 0 Å². The third-order valence-electron chi connectivity index (χ3n) is 4.29. The van der Waals surface area contributed by atoms with E-state index in [1.807, 2.05) is 7.11 Å². The molecule has 2 fully saturated rings. The van der Waals surface area contributed by atoms with Crippen LogP contribution in [0.2, 0.25) is 0 Å². The highest BCUT2D eigenvalue weighted by molar-refractivity contribution is 4.87. The summed E-state index contributed by atoms with van der Waals surface area (Å²) in [5.41, 5.74) is 0. The van der Waals surface area contributed by atoms with Gasteiger partial charge >= 0.3 is 0 Å². The topological polar surface area (TPSA) is 24.5 Å². The average Bonchev–Trinajstić information content (AvgIpc) is 2.78. The van der Waals surface area contributed by atoms with E-state index in [4.69, 9.17) is 4.74 Å². The van der Waals surface area contributed by atoms with Gasteiger partial charge in [0, 0.05) is 25.7 Å². The van der Waals surface area contributed by atoms with Crippen LogP contribution in [0.5, 0.6) is 0 Å². The van der Waals surface area contributed by atoms with Gasteiger partial charge in [-0.05, 0) is 45.2 Å². The molecule has 1 aliphatic heterocycles. The lowest BCUT2D eigenvalue weighted by molar-refractivity contribution is 0.133. The Bertz CT molecular complexity index is 210. The molecule has 0 aromatic heterocycles. The molecule has 2 rings (SSSR count). The maximum atomic E-state index is 5.26. The highest BCUT2D eigenvalue weighted by Crippen LogP contribution is 2.27. The van der Waals surface area contributed by atoms with Crippen molar-refractivity contribution in [2.45, 2.75) is 44.2 Å². The van der Waals surface area contributed by atoms with E-state index in [0.717, 1.165) is 24.6 Å². The summed E-state index contributed by atoms with van der Waals surface area (Å²) < 4.78 is 5.26. The van der Waals surface area contributed by atoms with Crippen molar-refractivity contribution in [2.75, 3.05) is 33.9 Å². The lowest BCUT2D eigenvalue weighted by Gasteiger charge is -2.35. The summed E-state index contributed by atoms with van der Waals surface area (Å²) in [6.45, 7) is 3.49. The van der Waals surface area contributed by atoms with Gasteiger partial charge in [-0.15, -0.1) is 0 Å². The normalized spacial score (nSPS) is 36.8. The molecule has 1 aliphatic carbocycles. The van der Waals surface area contributed by atoms with E-state index >= 15 is 0 Å². The summed E-state index contributed by atoms with van der Waals surface area (Å²) >= 11 is 0. The predicted molar refractivity (Wildman–Crippen MR) is 66.7 cm³/mol. The van der Waals surface area contributed by atoms with Crippen LogP contribution in [0.4, 0.5) is 0 Å². The quantitative estimate of drug-likeness (QED) is 0.786. The molecule has 16 heavy (non-hydrogen) atoms. The number of likely N-dealkylation sites (tertiary alicyclic amines) is 1. The summed E-state index contributed by atoms with van der Waals surface area (Å²) in [6, 6.07) is 1.58. The Morgan fingerprint density at radius 1 is 1.31 bits per heavy atom. The zero-order valence-corrected chi connectivity index (χ0v) is 10.7. The van der Waals surface area contributed by atoms with Crippen LogP contribution >= 0.6 is 0 Å². The Morgan fingerprint density at radius 2 is 2.19 bits per heavy atom. The van der Waals surface area contributed by atoms with Crippen LogP contribution in [0.1, 0.15) is 32.1 Å². The molecule has 0 spiro atoms. The summed E-state index contributed by atoms with van der Waals surface area (Å²) in [7, 11) is 3.92. The largest absolute Gasteiger partial charge is 0.384 e. The van der Waals surface area contributed by atoms with Crippen molar-refractivity contribution in [1.82, 2.24) is 10.2 Å². The monoisotopic (exact) mass is 226 g/mol. The van der Waals surface area contributed by atoms with E-state index in [0.29, 0.717) is 0 Å². The van der Waals surface area contributed by atoms with Gasteiger partial charge in [0.05, 0.1) is 6.61 Å². The highest BCUT2D eigenvalue weighted by Gasteiger charge is 2.31. The molecule has 1 saturated carbocycles. The second-order valence-corrected chi connectivity index (χ2v) is 5.41. The van der Waals surface area contributed by atoms with Crippen molar-refractivity contribution in [1.29, 1.82) is 0 Å². The minimum Gasteiger partial charge on any atom is -0.384 e. The van der Waals surface area contributed by atoms with Crippen molar-refractivity contribution < 1.29 is 4.74 Å². The molecule has 3 heteroatoms. The van der Waals surface area contributed by atoms with Crippen LogP contribution in [0.25, 0.3) is 0 Å². The Labute approximate surface area is 99.5 Å². The van der Waals surface area contributed by atoms with Crippen LogP contribution in [-0.2, 0) is 4.74 Å². The average molecular weight is 226 g/mol. The first-order chi connectivity index (χ1) is 7.83. The van der Waals surface area contributed by atoms with E-state index in [2.05, 4.69) is 17.3 Å². The van der Waals surface area contributed by atoms with Gasteiger partial charge in [0.2, 0.25) is 0 Å². The number of rotatable bonds is 4. The predicted octanol–water partition coefficient (Wildman–Crippen LogP) is 1.49. The number of hydrogen-bond acceptors (Lipinski definition) is 3. The summed E-state index contributed by atoms with van der Waals surface area (Å²) in [5.74, 6) is 0.778. The fraction of sp³-hybridized carbons (Fsp3) is 1.00. The summed E-state index contributed by atoms with van der Waals surface area (Å²) in [4.78, 5) is 2.70. The van der Waals surface area contributed by atoms with Crippen molar-refractivity contribution >= 4 is 0 Å². The van der Waals surface area contributed by atoms with Gasteiger partial charge in [0.15, 0.2) is 0 Å². The van der Waals surface area contributed by atoms with E-state index in [9.17, 15) is 0 Å². The molecule has 94 valence electrons. The SMILES string of the molecule is CNC1CCCC(N2CCC(COC)C2)C1. The van der Waals surface area contributed by atoms with Gasteiger partial charge in [0.1, 0.15) is 0 Å². The van der Waals surface area contributed by atoms with E-state index in [1.165, 1.54) is 45.2 Å². The molecule has 0 bridgehead atoms. The maximum Gasteiger partial charge on any atom is 0.0503 e. The van der Waals surface area contributed by atoms with Gasteiger partial charge in [-0.3, -0.25) is 4.90 Å². The Balaban J connectivity index is 1.79. The molecule has 2 aliphatic rings. The zero-order valence-electron chi connectivity index (χ0n) is 10.7. The van der Waals surface area contributed by atoms with Crippen LogP contribution in [0.15, 0.2) is 0 Å². The Morgan fingerprint density at radius 3 is 2.94 bits per heavy atom. The molecule has 1 heterocycles. The summed E-state index contributed by atoms with van der Waals surface area (Å²) in [6.07, 6.45) is 6.83. The third kappa shape index (κ3) is 2.96. The smallest absolute Gasteiger partial charge is 0.0503 e. The number of hydrogen-bond donors (Lipinski definition) is 1. The second-order valence-electron chi connectivity index (χ2n) is 5.41. The molecule has 3 atom stereocenters. The number of nitrogens with zero attached hydrogens (tertiary/aromatic N) is 1. The van der Waals surface area contributed by atoms with Gasteiger partial charge < -0.3 is 10.1 Å². The Kier molecular flexibility index (Phi) is 4.62. The molecule has 0 aromatic rings. The third-order valence-corrected chi connectivity index (χ3v) is 4.29. The lowest BCUT2D eigenvalue weighted by Crippen LogP contribution is -2.42. The molecule has 3 unspecified atom stereocenters. The fourth-order valence-corrected chi connectivity index (χ4v) is 3.32. The first-order valence-electron chi connectivity index (χ1n) is 6.73. The first-order valence-corrected chi connectivity index (χ1v) is 6.73. The lowest BCUT2D eigenvalue weighted by atomic mass is 9.90. The first kappa shape index (κ1) is 12.3. The zero-order chi connectivity index (χ0) is 11.4. The van der Waals surface area contributed by atoms with Gasteiger partial charge in [-0.2, -0.15) is 0 Å². The minimum absolute atomic E-state index is 0.750. The van der Waals surface area contributed by atoms with Gasteiger partial charge in [-0.1, -0.05) is 6.42 Å². The van der Waals surface area contributed by atoms with Crippen molar-refractivity contribution in [3.05, 3.63) is 0 Å². The van der Waals surface area contributed by atoms with Crippen molar-refractivity contribution in [3.63, 3.8) is 0 Å². The van der Waals surface area contributed by atoms with Crippen LogP contribution < -0.4 is 5.32 Å².